The second-order valence-electron chi connectivity index (χ2n) is 8.05. The van der Waals surface area contributed by atoms with Gasteiger partial charge in [-0.15, -0.1) is 0 Å². The van der Waals surface area contributed by atoms with Gasteiger partial charge in [0, 0.05) is 19.2 Å². The highest BCUT2D eigenvalue weighted by Crippen LogP contribution is 2.27. The first-order chi connectivity index (χ1) is 16.1. The summed E-state index contributed by atoms with van der Waals surface area (Å²) in [7, 11) is 0. The SMILES string of the molecule is C/C=C(\CCNC(=O)C1CCC(=O)c2cccn21)c1ccc(OCc2ccccc2)c(F)c1. The molecule has 4 rings (SSSR count). The lowest BCUT2D eigenvalue weighted by Crippen LogP contribution is -2.36. The number of hydrogen-bond acceptors (Lipinski definition) is 3. The van der Waals surface area contributed by atoms with E-state index in [-0.39, 0.29) is 23.5 Å². The Morgan fingerprint density at radius 3 is 2.76 bits per heavy atom. The van der Waals surface area contributed by atoms with Crippen LogP contribution in [-0.2, 0) is 11.4 Å². The number of Topliss-reactive ketones (excluding diaryl/α,β-unsaturated/α-hetero) is 1. The first-order valence-corrected chi connectivity index (χ1v) is 11.2. The summed E-state index contributed by atoms with van der Waals surface area (Å²) in [5.74, 6) is -0.246. The predicted octanol–water partition coefficient (Wildman–Crippen LogP) is 5.33. The third-order valence-electron chi connectivity index (χ3n) is 5.93. The standard InChI is InChI=1S/C27H27FN2O3/c1-2-20(14-15-29-27(32)24-11-12-25(31)23-9-6-16-30(23)24)21-10-13-26(22(28)17-21)33-18-19-7-4-3-5-8-19/h2-10,13,16-17,24H,11-12,14-15,18H2,1H3,(H,29,32)/b20-2+. The fourth-order valence-electron chi connectivity index (χ4n) is 4.14. The van der Waals surface area contributed by atoms with Crippen LogP contribution in [0.4, 0.5) is 4.39 Å². The van der Waals surface area contributed by atoms with Crippen LogP contribution in [0.15, 0.2) is 72.9 Å². The van der Waals surface area contributed by atoms with E-state index < -0.39 is 5.82 Å². The van der Waals surface area contributed by atoms with Gasteiger partial charge >= 0.3 is 0 Å². The van der Waals surface area contributed by atoms with Gasteiger partial charge in [0.2, 0.25) is 5.91 Å². The molecule has 1 aromatic heterocycles. The third kappa shape index (κ3) is 5.22. The van der Waals surface area contributed by atoms with E-state index in [1.165, 1.54) is 6.07 Å². The maximum absolute atomic E-state index is 14.6. The molecule has 33 heavy (non-hydrogen) atoms. The lowest BCUT2D eigenvalue weighted by atomic mass is 10.0. The van der Waals surface area contributed by atoms with E-state index in [0.717, 1.165) is 16.7 Å². The van der Waals surface area contributed by atoms with Crippen LogP contribution in [0.5, 0.6) is 5.75 Å². The molecule has 1 aliphatic heterocycles. The van der Waals surface area contributed by atoms with Gasteiger partial charge in [-0.2, -0.15) is 0 Å². The van der Waals surface area contributed by atoms with Crippen LogP contribution in [0.2, 0.25) is 0 Å². The van der Waals surface area contributed by atoms with Crippen LogP contribution in [0.25, 0.3) is 5.57 Å². The molecule has 5 nitrogen and oxygen atoms in total. The van der Waals surface area contributed by atoms with Crippen LogP contribution in [0, 0.1) is 5.82 Å². The molecule has 0 aliphatic carbocycles. The van der Waals surface area contributed by atoms with Crippen molar-refractivity contribution in [1.82, 2.24) is 9.88 Å². The van der Waals surface area contributed by atoms with Gasteiger partial charge in [0.15, 0.2) is 17.3 Å². The van der Waals surface area contributed by atoms with Crippen LogP contribution < -0.4 is 10.1 Å². The molecular formula is C27H27FN2O3. The molecule has 0 radical (unpaired) electrons. The van der Waals surface area contributed by atoms with E-state index in [1.54, 1.807) is 29.0 Å². The highest BCUT2D eigenvalue weighted by atomic mass is 19.1. The number of ketones is 1. The fourth-order valence-corrected chi connectivity index (χ4v) is 4.14. The van der Waals surface area contributed by atoms with Crippen LogP contribution in [-0.4, -0.2) is 22.8 Å². The average molecular weight is 447 g/mol. The zero-order valence-corrected chi connectivity index (χ0v) is 18.6. The second-order valence-corrected chi connectivity index (χ2v) is 8.05. The Morgan fingerprint density at radius 1 is 1.18 bits per heavy atom. The molecule has 0 saturated heterocycles. The topological polar surface area (TPSA) is 60.3 Å². The maximum atomic E-state index is 14.6. The number of ether oxygens (including phenoxy) is 1. The van der Waals surface area contributed by atoms with Crippen molar-refractivity contribution in [3.63, 3.8) is 0 Å². The first kappa shape index (κ1) is 22.5. The quantitative estimate of drug-likeness (QED) is 0.509. The number of amides is 1. The van der Waals surface area contributed by atoms with E-state index >= 15 is 0 Å². The molecule has 1 atom stereocenters. The van der Waals surface area contributed by atoms with E-state index in [2.05, 4.69) is 5.32 Å². The monoisotopic (exact) mass is 446 g/mol. The van der Waals surface area contributed by atoms with Crippen molar-refractivity contribution < 1.29 is 18.7 Å². The average Bonchev–Trinajstić information content (AvgIpc) is 3.33. The van der Waals surface area contributed by atoms with Crippen LogP contribution in [0.3, 0.4) is 0 Å². The number of hydrogen-bond donors (Lipinski definition) is 1. The molecule has 0 spiro atoms. The number of rotatable bonds is 8. The van der Waals surface area contributed by atoms with E-state index in [1.807, 2.05) is 49.4 Å². The molecule has 3 aromatic rings. The Balaban J connectivity index is 1.33. The Morgan fingerprint density at radius 2 is 2.00 bits per heavy atom. The summed E-state index contributed by atoms with van der Waals surface area (Å²) < 4.78 is 22.0. The molecule has 1 amide bonds. The zero-order valence-electron chi connectivity index (χ0n) is 18.6. The Labute approximate surface area is 192 Å². The van der Waals surface area contributed by atoms with Crippen molar-refractivity contribution in [2.75, 3.05) is 6.54 Å². The summed E-state index contributed by atoms with van der Waals surface area (Å²) in [6.45, 7) is 2.62. The largest absolute Gasteiger partial charge is 0.486 e. The normalized spacial score (nSPS) is 15.8. The summed E-state index contributed by atoms with van der Waals surface area (Å²) in [5, 5.41) is 2.97. The van der Waals surface area contributed by atoms with Crippen LogP contribution >= 0.6 is 0 Å². The number of aromatic nitrogens is 1. The third-order valence-corrected chi connectivity index (χ3v) is 5.93. The molecule has 170 valence electrons. The fraction of sp³-hybridized carbons (Fsp3) is 0.259. The van der Waals surface area contributed by atoms with Crippen LogP contribution in [0.1, 0.15) is 53.8 Å². The van der Waals surface area contributed by atoms with Crippen molar-refractivity contribution in [2.24, 2.45) is 0 Å². The summed E-state index contributed by atoms with van der Waals surface area (Å²) in [6.07, 6.45) is 5.14. The van der Waals surface area contributed by atoms with Gasteiger partial charge in [0.05, 0.1) is 5.69 Å². The lowest BCUT2D eigenvalue weighted by molar-refractivity contribution is -0.124. The van der Waals surface area contributed by atoms with E-state index in [0.29, 0.717) is 38.1 Å². The minimum Gasteiger partial charge on any atom is -0.486 e. The number of fused-ring (bicyclic) bond motifs is 1. The van der Waals surface area contributed by atoms with Gasteiger partial charge < -0.3 is 14.6 Å². The van der Waals surface area contributed by atoms with E-state index in [4.69, 9.17) is 4.74 Å². The summed E-state index contributed by atoms with van der Waals surface area (Å²) in [4.78, 5) is 24.7. The number of nitrogens with one attached hydrogen (secondary N) is 1. The van der Waals surface area contributed by atoms with Gasteiger partial charge in [-0.1, -0.05) is 42.5 Å². The lowest BCUT2D eigenvalue weighted by Gasteiger charge is -2.24. The van der Waals surface area contributed by atoms with Crippen molar-refractivity contribution in [1.29, 1.82) is 0 Å². The van der Waals surface area contributed by atoms with Gasteiger partial charge in [-0.25, -0.2) is 4.39 Å². The number of benzene rings is 2. The summed E-state index contributed by atoms with van der Waals surface area (Å²) in [5.41, 5.74) is 3.25. The molecule has 1 aliphatic rings. The smallest absolute Gasteiger partial charge is 0.243 e. The number of carbonyl (C=O) groups excluding carboxylic acids is 2. The van der Waals surface area contributed by atoms with Gasteiger partial charge in [0.1, 0.15) is 12.6 Å². The van der Waals surface area contributed by atoms with Gasteiger partial charge in [-0.3, -0.25) is 9.59 Å². The number of halogens is 1. The van der Waals surface area contributed by atoms with Gasteiger partial charge in [-0.05, 0) is 60.7 Å². The number of carbonyl (C=O) groups is 2. The Hall–Kier alpha value is -3.67. The molecule has 2 aromatic carbocycles. The Bertz CT molecular complexity index is 1170. The van der Waals surface area contributed by atoms with Crippen molar-refractivity contribution >= 4 is 17.3 Å². The predicted molar refractivity (Wildman–Crippen MR) is 125 cm³/mol. The molecule has 6 heteroatoms. The number of allylic oxidation sites excluding steroid dienone is 1. The highest BCUT2D eigenvalue weighted by Gasteiger charge is 2.29. The molecule has 0 bridgehead atoms. The van der Waals surface area contributed by atoms with Crippen molar-refractivity contribution in [3.8, 4) is 5.75 Å². The first-order valence-electron chi connectivity index (χ1n) is 11.2. The molecular weight excluding hydrogens is 419 g/mol. The summed E-state index contributed by atoms with van der Waals surface area (Å²) >= 11 is 0. The second kappa shape index (κ2) is 10.3. The highest BCUT2D eigenvalue weighted by molar-refractivity contribution is 5.97. The summed E-state index contributed by atoms with van der Waals surface area (Å²) in [6, 6.07) is 17.7. The molecule has 2 heterocycles. The van der Waals surface area contributed by atoms with Crippen molar-refractivity contribution in [3.05, 3.63) is 95.6 Å². The maximum Gasteiger partial charge on any atom is 0.243 e. The molecule has 0 saturated carbocycles. The molecule has 1 unspecified atom stereocenters. The van der Waals surface area contributed by atoms with E-state index in [9.17, 15) is 14.0 Å². The van der Waals surface area contributed by atoms with Gasteiger partial charge in [0.25, 0.3) is 0 Å². The van der Waals surface area contributed by atoms with Crippen molar-refractivity contribution in [2.45, 2.75) is 38.8 Å². The zero-order chi connectivity index (χ0) is 23.2. The molecule has 1 N–H and O–H groups in total. The Kier molecular flexibility index (Phi) is 7.03. The molecule has 0 fully saturated rings. The minimum atomic E-state index is -0.418. The minimum absolute atomic E-state index is 0.0680. The number of nitrogens with zero attached hydrogens (tertiary/aromatic N) is 1.